The Kier molecular flexibility index (Phi) is 2.79. The van der Waals surface area contributed by atoms with Crippen molar-refractivity contribution in [3.63, 3.8) is 0 Å². The van der Waals surface area contributed by atoms with E-state index in [1.54, 1.807) is 0 Å². The number of nitrogens with zero attached hydrogens (tertiary/aromatic N) is 1. The normalized spacial score (nSPS) is 27.8. The Bertz CT molecular complexity index is 240. The Morgan fingerprint density at radius 2 is 1.92 bits per heavy atom. The molecule has 0 bridgehead atoms. The fraction of sp³-hybridized carbons (Fsp3) is 0.727. The van der Waals surface area contributed by atoms with Gasteiger partial charge in [-0.1, -0.05) is 39.8 Å². The van der Waals surface area contributed by atoms with Gasteiger partial charge in [0.2, 0.25) is 0 Å². The van der Waals surface area contributed by atoms with Crippen LogP contribution in [0, 0.1) is 17.3 Å². The number of rotatable bonds is 2. The van der Waals surface area contributed by atoms with Crippen LogP contribution < -0.4 is 0 Å². The smallest absolute Gasteiger partial charge is 0.134 e. The molecule has 1 rings (SSSR count). The van der Waals surface area contributed by atoms with E-state index < -0.39 is 0 Å². The summed E-state index contributed by atoms with van der Waals surface area (Å²) < 4.78 is 0. The van der Waals surface area contributed by atoms with Crippen LogP contribution in [0.5, 0.6) is 0 Å². The molecule has 0 saturated carbocycles. The van der Waals surface area contributed by atoms with Gasteiger partial charge in [0.1, 0.15) is 5.76 Å². The second-order valence-electron chi connectivity index (χ2n) is 4.55. The van der Waals surface area contributed by atoms with E-state index in [9.17, 15) is 0 Å². The van der Waals surface area contributed by atoms with E-state index in [0.717, 1.165) is 5.76 Å². The van der Waals surface area contributed by atoms with Crippen LogP contribution in [0.25, 0.3) is 0 Å². The second kappa shape index (κ2) is 3.52. The standard InChI is InChI=1S/C11H19NO/c1-8(2)10-6-11(5,9(3)4)7-12-13-10/h6-9H,1-5H3. The van der Waals surface area contributed by atoms with Gasteiger partial charge in [0.15, 0.2) is 0 Å². The first kappa shape index (κ1) is 10.3. The van der Waals surface area contributed by atoms with Crippen molar-refractivity contribution in [3.8, 4) is 0 Å². The van der Waals surface area contributed by atoms with Crippen molar-refractivity contribution in [2.75, 3.05) is 0 Å². The monoisotopic (exact) mass is 181 g/mol. The average Bonchev–Trinajstić information content (AvgIpc) is 2.04. The van der Waals surface area contributed by atoms with Crippen molar-refractivity contribution in [1.82, 2.24) is 0 Å². The van der Waals surface area contributed by atoms with Crippen LogP contribution in [0.4, 0.5) is 0 Å². The summed E-state index contributed by atoms with van der Waals surface area (Å²) in [5.41, 5.74) is 0.0534. The molecule has 1 atom stereocenters. The molecule has 0 amide bonds. The predicted molar refractivity (Wildman–Crippen MR) is 55.4 cm³/mol. The van der Waals surface area contributed by atoms with E-state index in [-0.39, 0.29) is 5.41 Å². The Morgan fingerprint density at radius 1 is 1.31 bits per heavy atom. The third kappa shape index (κ3) is 2.11. The summed E-state index contributed by atoms with van der Waals surface area (Å²) in [5, 5.41) is 3.96. The van der Waals surface area contributed by atoms with Crippen molar-refractivity contribution in [1.29, 1.82) is 0 Å². The van der Waals surface area contributed by atoms with Crippen LogP contribution in [0.3, 0.4) is 0 Å². The van der Waals surface area contributed by atoms with E-state index in [1.807, 2.05) is 6.21 Å². The molecule has 0 aromatic carbocycles. The van der Waals surface area contributed by atoms with E-state index in [2.05, 4.69) is 45.9 Å². The van der Waals surface area contributed by atoms with Gasteiger partial charge in [0.25, 0.3) is 0 Å². The van der Waals surface area contributed by atoms with Crippen LogP contribution >= 0.6 is 0 Å². The summed E-state index contributed by atoms with van der Waals surface area (Å²) in [6.07, 6.45) is 4.08. The molecule has 1 aliphatic heterocycles. The summed E-state index contributed by atoms with van der Waals surface area (Å²) in [6.45, 7) is 10.8. The topological polar surface area (TPSA) is 21.6 Å². The predicted octanol–water partition coefficient (Wildman–Crippen LogP) is 3.20. The molecule has 2 nitrogen and oxygen atoms in total. The first-order chi connectivity index (χ1) is 5.96. The molecular weight excluding hydrogens is 162 g/mol. The zero-order valence-electron chi connectivity index (χ0n) is 9.16. The van der Waals surface area contributed by atoms with Gasteiger partial charge in [-0.15, -0.1) is 0 Å². The van der Waals surface area contributed by atoms with E-state index in [1.165, 1.54) is 0 Å². The molecular formula is C11H19NO. The lowest BCUT2D eigenvalue weighted by Gasteiger charge is -2.29. The zero-order chi connectivity index (χ0) is 10.1. The zero-order valence-corrected chi connectivity index (χ0v) is 9.16. The van der Waals surface area contributed by atoms with Gasteiger partial charge in [0.05, 0.1) is 6.21 Å². The third-order valence-corrected chi connectivity index (χ3v) is 2.76. The highest BCUT2D eigenvalue weighted by Crippen LogP contribution is 2.32. The SMILES string of the molecule is CC(C)C1=CC(C)(C(C)C)C=NO1. The highest BCUT2D eigenvalue weighted by molar-refractivity contribution is 5.69. The minimum Gasteiger partial charge on any atom is -0.362 e. The van der Waals surface area contributed by atoms with Crippen LogP contribution in [0.15, 0.2) is 17.0 Å². The maximum atomic E-state index is 5.22. The summed E-state index contributed by atoms with van der Waals surface area (Å²) in [7, 11) is 0. The Morgan fingerprint density at radius 3 is 2.38 bits per heavy atom. The molecule has 0 saturated heterocycles. The van der Waals surface area contributed by atoms with E-state index >= 15 is 0 Å². The number of hydrogen-bond acceptors (Lipinski definition) is 2. The van der Waals surface area contributed by atoms with E-state index in [4.69, 9.17) is 4.84 Å². The van der Waals surface area contributed by atoms with Crippen molar-refractivity contribution in [3.05, 3.63) is 11.8 Å². The molecule has 1 unspecified atom stereocenters. The quantitative estimate of drug-likeness (QED) is 0.641. The minimum atomic E-state index is 0.0534. The first-order valence-corrected chi connectivity index (χ1v) is 4.90. The number of oxime groups is 1. The van der Waals surface area contributed by atoms with Crippen molar-refractivity contribution in [2.24, 2.45) is 22.4 Å². The minimum absolute atomic E-state index is 0.0534. The number of allylic oxidation sites excluding steroid dienone is 2. The van der Waals surface area contributed by atoms with Crippen LogP contribution in [0.1, 0.15) is 34.6 Å². The van der Waals surface area contributed by atoms with Gasteiger partial charge in [-0.3, -0.25) is 0 Å². The maximum absolute atomic E-state index is 5.22. The van der Waals surface area contributed by atoms with Gasteiger partial charge < -0.3 is 4.84 Å². The molecule has 0 aromatic heterocycles. The Hall–Kier alpha value is -0.790. The van der Waals surface area contributed by atoms with E-state index in [0.29, 0.717) is 11.8 Å². The van der Waals surface area contributed by atoms with Crippen molar-refractivity contribution in [2.45, 2.75) is 34.6 Å². The molecule has 0 aliphatic carbocycles. The lowest BCUT2D eigenvalue weighted by Crippen LogP contribution is -2.26. The summed E-state index contributed by atoms with van der Waals surface area (Å²) >= 11 is 0. The van der Waals surface area contributed by atoms with Crippen molar-refractivity contribution >= 4 is 6.21 Å². The highest BCUT2D eigenvalue weighted by Gasteiger charge is 2.28. The van der Waals surface area contributed by atoms with Crippen LogP contribution in [-0.4, -0.2) is 6.21 Å². The van der Waals surface area contributed by atoms with Gasteiger partial charge in [0, 0.05) is 11.3 Å². The van der Waals surface area contributed by atoms with Gasteiger partial charge in [-0.05, 0) is 12.0 Å². The maximum Gasteiger partial charge on any atom is 0.134 e. The fourth-order valence-electron chi connectivity index (χ4n) is 1.16. The summed E-state index contributed by atoms with van der Waals surface area (Å²) in [6, 6.07) is 0. The lowest BCUT2D eigenvalue weighted by atomic mass is 9.79. The van der Waals surface area contributed by atoms with Crippen LogP contribution in [-0.2, 0) is 4.84 Å². The highest BCUT2D eigenvalue weighted by atomic mass is 16.6. The molecule has 0 spiro atoms. The molecule has 13 heavy (non-hydrogen) atoms. The molecule has 1 heterocycles. The van der Waals surface area contributed by atoms with Crippen LogP contribution in [0.2, 0.25) is 0 Å². The van der Waals surface area contributed by atoms with Gasteiger partial charge in [-0.2, -0.15) is 0 Å². The largest absolute Gasteiger partial charge is 0.362 e. The second-order valence-corrected chi connectivity index (χ2v) is 4.55. The summed E-state index contributed by atoms with van der Waals surface area (Å²) in [5.74, 6) is 1.95. The van der Waals surface area contributed by atoms with Gasteiger partial charge in [-0.25, -0.2) is 0 Å². The lowest BCUT2D eigenvalue weighted by molar-refractivity contribution is 0.176. The molecule has 0 radical (unpaired) electrons. The summed E-state index contributed by atoms with van der Waals surface area (Å²) in [4.78, 5) is 5.22. The average molecular weight is 181 g/mol. The molecule has 2 heteroatoms. The Balaban J connectivity index is 2.89. The molecule has 0 N–H and O–H groups in total. The fourth-order valence-corrected chi connectivity index (χ4v) is 1.16. The molecule has 74 valence electrons. The third-order valence-electron chi connectivity index (χ3n) is 2.76. The first-order valence-electron chi connectivity index (χ1n) is 4.90. The number of hydrogen-bond donors (Lipinski definition) is 0. The van der Waals surface area contributed by atoms with Crippen molar-refractivity contribution < 1.29 is 4.84 Å². The molecule has 1 aliphatic rings. The molecule has 0 aromatic rings. The Labute approximate surface area is 80.7 Å². The van der Waals surface area contributed by atoms with Gasteiger partial charge >= 0.3 is 0 Å². The molecule has 0 fully saturated rings.